The first-order chi connectivity index (χ1) is 9.47. The van der Waals surface area contributed by atoms with Crippen molar-refractivity contribution in [2.24, 2.45) is 0 Å². The van der Waals surface area contributed by atoms with Crippen LogP contribution in [0.3, 0.4) is 0 Å². The smallest absolute Gasteiger partial charge is 0.287 e. The van der Waals surface area contributed by atoms with Crippen LogP contribution in [0.25, 0.3) is 11.0 Å². The van der Waals surface area contributed by atoms with E-state index in [1.165, 1.54) is 0 Å². The number of halogens is 1. The molecule has 0 aliphatic rings. The Morgan fingerprint density at radius 3 is 2.85 bits per heavy atom. The largest absolute Gasteiger partial charge is 0.451 e. The lowest BCUT2D eigenvalue weighted by molar-refractivity contribution is 0.0860. The fourth-order valence-corrected chi connectivity index (χ4v) is 2.22. The van der Waals surface area contributed by atoms with Crippen LogP contribution in [0.2, 0.25) is 5.02 Å². The van der Waals surface area contributed by atoms with Crippen LogP contribution in [0, 0.1) is 0 Å². The third-order valence-electron chi connectivity index (χ3n) is 3.56. The number of furan rings is 1. The molecule has 1 heterocycles. The summed E-state index contributed by atoms with van der Waals surface area (Å²) < 4.78 is 5.52. The minimum absolute atomic E-state index is 0.0281. The first-order valence-electron chi connectivity index (χ1n) is 6.60. The van der Waals surface area contributed by atoms with Gasteiger partial charge in [-0.25, -0.2) is 0 Å². The molecule has 5 heteroatoms. The van der Waals surface area contributed by atoms with Gasteiger partial charge in [-0.3, -0.25) is 4.79 Å². The third kappa shape index (κ3) is 3.14. The molecule has 2 N–H and O–H groups in total. The van der Waals surface area contributed by atoms with Gasteiger partial charge in [0.1, 0.15) is 5.58 Å². The van der Waals surface area contributed by atoms with Gasteiger partial charge in [-0.2, -0.15) is 0 Å². The van der Waals surface area contributed by atoms with Gasteiger partial charge in [-0.05, 0) is 44.0 Å². The highest BCUT2D eigenvalue weighted by Gasteiger charge is 2.25. The summed E-state index contributed by atoms with van der Waals surface area (Å²) in [5, 5.41) is 13.4. The van der Waals surface area contributed by atoms with Gasteiger partial charge in [0, 0.05) is 22.6 Å². The number of hydrogen-bond donors (Lipinski definition) is 2. The highest BCUT2D eigenvalue weighted by Crippen LogP contribution is 2.24. The lowest BCUT2D eigenvalue weighted by Gasteiger charge is -2.28. The number of fused-ring (bicyclic) bond motifs is 1. The number of aliphatic hydroxyl groups is 1. The molecule has 2 aromatic rings. The minimum atomic E-state index is -0.442. The summed E-state index contributed by atoms with van der Waals surface area (Å²) in [6, 6.07) is 6.88. The van der Waals surface area contributed by atoms with Crippen LogP contribution in [0.15, 0.2) is 28.7 Å². The zero-order valence-electron chi connectivity index (χ0n) is 11.6. The van der Waals surface area contributed by atoms with Crippen LogP contribution in [0.1, 0.15) is 37.2 Å². The number of benzene rings is 1. The Morgan fingerprint density at radius 2 is 2.20 bits per heavy atom. The van der Waals surface area contributed by atoms with Gasteiger partial charge in [-0.1, -0.05) is 18.5 Å². The molecule has 4 nitrogen and oxygen atoms in total. The molecular formula is C15H18ClNO3. The molecule has 0 fully saturated rings. The van der Waals surface area contributed by atoms with E-state index in [-0.39, 0.29) is 18.3 Å². The molecule has 1 amide bonds. The van der Waals surface area contributed by atoms with Gasteiger partial charge >= 0.3 is 0 Å². The van der Waals surface area contributed by atoms with E-state index in [0.717, 1.165) is 11.8 Å². The molecule has 20 heavy (non-hydrogen) atoms. The second kappa shape index (κ2) is 5.85. The van der Waals surface area contributed by atoms with Crippen LogP contribution in [-0.2, 0) is 0 Å². The number of rotatable bonds is 5. The second-order valence-electron chi connectivity index (χ2n) is 5.13. The zero-order valence-corrected chi connectivity index (χ0v) is 12.3. The first kappa shape index (κ1) is 14.9. The number of amides is 1. The summed E-state index contributed by atoms with van der Waals surface area (Å²) in [6.45, 7) is 3.90. The zero-order chi connectivity index (χ0) is 14.8. The number of carbonyl (C=O) groups excluding carboxylic acids is 1. The quantitative estimate of drug-likeness (QED) is 0.889. The molecule has 1 aromatic heterocycles. The summed E-state index contributed by atoms with van der Waals surface area (Å²) in [7, 11) is 0. The van der Waals surface area contributed by atoms with Gasteiger partial charge in [0.15, 0.2) is 5.76 Å². The van der Waals surface area contributed by atoms with Crippen molar-refractivity contribution in [2.75, 3.05) is 6.61 Å². The van der Waals surface area contributed by atoms with E-state index < -0.39 is 5.54 Å². The Balaban J connectivity index is 2.22. The van der Waals surface area contributed by atoms with E-state index in [1.807, 2.05) is 13.8 Å². The van der Waals surface area contributed by atoms with Crippen LogP contribution in [0.5, 0.6) is 0 Å². The molecule has 1 aromatic carbocycles. The van der Waals surface area contributed by atoms with E-state index in [2.05, 4.69) is 5.32 Å². The van der Waals surface area contributed by atoms with Crippen molar-refractivity contribution in [3.63, 3.8) is 0 Å². The van der Waals surface area contributed by atoms with Crippen molar-refractivity contribution < 1.29 is 14.3 Å². The first-order valence-corrected chi connectivity index (χ1v) is 6.98. The van der Waals surface area contributed by atoms with E-state index in [9.17, 15) is 4.79 Å². The average Bonchev–Trinajstić information content (AvgIpc) is 2.82. The van der Waals surface area contributed by atoms with Crippen LogP contribution < -0.4 is 5.32 Å². The third-order valence-corrected chi connectivity index (χ3v) is 3.80. The summed E-state index contributed by atoms with van der Waals surface area (Å²) >= 11 is 5.91. The molecule has 108 valence electrons. The summed E-state index contributed by atoms with van der Waals surface area (Å²) in [5.41, 5.74) is 0.183. The Hall–Kier alpha value is -1.52. The molecular weight excluding hydrogens is 278 g/mol. The summed E-state index contributed by atoms with van der Waals surface area (Å²) in [5.74, 6) is -0.0324. The Kier molecular flexibility index (Phi) is 4.35. The van der Waals surface area contributed by atoms with Gasteiger partial charge in [0.25, 0.3) is 5.91 Å². The molecule has 1 unspecified atom stereocenters. The highest BCUT2D eigenvalue weighted by atomic mass is 35.5. The molecule has 0 saturated carbocycles. The molecule has 0 saturated heterocycles. The van der Waals surface area contributed by atoms with Crippen molar-refractivity contribution in [1.29, 1.82) is 0 Å². The Labute approximate surface area is 122 Å². The topological polar surface area (TPSA) is 62.5 Å². The number of nitrogens with one attached hydrogen (secondary N) is 1. The normalized spacial score (nSPS) is 14.2. The Bertz CT molecular complexity index is 623. The van der Waals surface area contributed by atoms with Crippen molar-refractivity contribution in [3.05, 3.63) is 35.0 Å². The number of hydrogen-bond acceptors (Lipinski definition) is 3. The summed E-state index contributed by atoms with van der Waals surface area (Å²) in [4.78, 5) is 12.2. The predicted octanol–water partition coefficient (Wildman–Crippen LogP) is 3.37. The molecule has 1 atom stereocenters. The van der Waals surface area contributed by atoms with Crippen LogP contribution in [0.4, 0.5) is 0 Å². The monoisotopic (exact) mass is 295 g/mol. The summed E-state index contributed by atoms with van der Waals surface area (Å²) in [6.07, 6.45) is 1.23. The van der Waals surface area contributed by atoms with Gasteiger partial charge in [0.2, 0.25) is 0 Å². The maximum Gasteiger partial charge on any atom is 0.287 e. The van der Waals surface area contributed by atoms with E-state index in [0.29, 0.717) is 17.0 Å². The van der Waals surface area contributed by atoms with Crippen molar-refractivity contribution in [3.8, 4) is 0 Å². The maximum absolute atomic E-state index is 12.2. The van der Waals surface area contributed by atoms with Crippen molar-refractivity contribution in [1.82, 2.24) is 5.32 Å². The fourth-order valence-electron chi connectivity index (χ4n) is 2.04. The van der Waals surface area contributed by atoms with E-state index in [1.54, 1.807) is 24.3 Å². The van der Waals surface area contributed by atoms with Gasteiger partial charge in [-0.15, -0.1) is 0 Å². The second-order valence-corrected chi connectivity index (χ2v) is 5.57. The Morgan fingerprint density at radius 1 is 1.45 bits per heavy atom. The van der Waals surface area contributed by atoms with Crippen molar-refractivity contribution >= 4 is 28.5 Å². The molecule has 0 aliphatic heterocycles. The average molecular weight is 296 g/mol. The van der Waals surface area contributed by atoms with Crippen molar-refractivity contribution in [2.45, 2.75) is 32.2 Å². The predicted molar refractivity (Wildman–Crippen MR) is 79.1 cm³/mol. The van der Waals surface area contributed by atoms with E-state index in [4.69, 9.17) is 21.1 Å². The molecule has 0 aliphatic carbocycles. The fraction of sp³-hybridized carbons (Fsp3) is 0.400. The van der Waals surface area contributed by atoms with E-state index >= 15 is 0 Å². The minimum Gasteiger partial charge on any atom is -0.451 e. The molecule has 0 spiro atoms. The molecule has 2 rings (SSSR count). The van der Waals surface area contributed by atoms with Crippen LogP contribution >= 0.6 is 11.6 Å². The van der Waals surface area contributed by atoms with Gasteiger partial charge in [0.05, 0.1) is 0 Å². The maximum atomic E-state index is 12.2. The SMILES string of the molecule is CCC(C)(CCO)NC(=O)c1cc2cc(Cl)ccc2o1. The van der Waals surface area contributed by atoms with Crippen LogP contribution in [-0.4, -0.2) is 23.2 Å². The highest BCUT2D eigenvalue weighted by molar-refractivity contribution is 6.31. The lowest BCUT2D eigenvalue weighted by Crippen LogP contribution is -2.46. The molecule has 0 radical (unpaired) electrons. The number of carbonyl (C=O) groups is 1. The molecule has 0 bridgehead atoms. The standard InChI is InChI=1S/C15H18ClNO3/c1-3-15(2,6-7-18)17-14(19)13-9-10-8-11(16)4-5-12(10)20-13/h4-5,8-9,18H,3,6-7H2,1-2H3,(H,17,19). The van der Waals surface area contributed by atoms with Gasteiger partial charge < -0.3 is 14.8 Å². The number of aliphatic hydroxyl groups excluding tert-OH is 1. The lowest BCUT2D eigenvalue weighted by atomic mass is 9.95.